The van der Waals surface area contributed by atoms with Crippen LogP contribution in [0.2, 0.25) is 0 Å². The minimum atomic E-state index is -3.74. The fraction of sp³-hybridized carbons (Fsp3) is 0.500. The van der Waals surface area contributed by atoms with Crippen LogP contribution in [0.15, 0.2) is 29.2 Å². The van der Waals surface area contributed by atoms with Crippen LogP contribution < -0.4 is 11.1 Å². The molecule has 10 heteroatoms. The van der Waals surface area contributed by atoms with Crippen molar-refractivity contribution in [2.45, 2.75) is 23.8 Å². The summed E-state index contributed by atoms with van der Waals surface area (Å²) in [5.41, 5.74) is 6.14. The average molecular weight is 403 g/mol. The van der Waals surface area contributed by atoms with Crippen molar-refractivity contribution in [2.75, 3.05) is 32.7 Å². The lowest BCUT2D eigenvalue weighted by molar-refractivity contribution is -0.122. The van der Waals surface area contributed by atoms with Crippen LogP contribution in [0, 0.1) is 0 Å². The summed E-state index contributed by atoms with van der Waals surface area (Å²) < 4.78 is 26.4. The molecule has 3 N–H and O–H groups in total. The number of amides is 2. The predicted molar refractivity (Wildman–Crippen MR) is 98.6 cm³/mol. The molecule has 1 aromatic rings. The van der Waals surface area contributed by atoms with Crippen LogP contribution in [0.3, 0.4) is 0 Å². The van der Waals surface area contributed by atoms with E-state index in [-0.39, 0.29) is 48.2 Å². The Morgan fingerprint density at radius 2 is 1.92 bits per heavy atom. The van der Waals surface area contributed by atoms with Gasteiger partial charge in [-0.05, 0) is 37.1 Å². The van der Waals surface area contributed by atoms with Gasteiger partial charge in [0.1, 0.15) is 0 Å². The Morgan fingerprint density at radius 1 is 1.23 bits per heavy atom. The number of nitrogens with two attached hydrogens (primary N) is 1. The summed E-state index contributed by atoms with van der Waals surface area (Å²) in [6.07, 6.45) is 1.82. The van der Waals surface area contributed by atoms with Crippen molar-refractivity contribution < 1.29 is 18.0 Å². The van der Waals surface area contributed by atoms with Crippen LogP contribution in [0.1, 0.15) is 23.2 Å². The molecule has 0 radical (unpaired) electrons. The molecule has 0 aliphatic carbocycles. The summed E-state index contributed by atoms with van der Waals surface area (Å²) in [5.74, 6) is -0.447. The highest BCUT2D eigenvalue weighted by molar-refractivity contribution is 7.89. The number of hydrogen-bond acceptors (Lipinski definition) is 5. The van der Waals surface area contributed by atoms with Gasteiger partial charge in [-0.1, -0.05) is 0 Å². The molecule has 0 saturated carbocycles. The molecule has 144 valence electrons. The number of nitrogens with zero attached hydrogens (tertiary/aromatic N) is 2. The highest BCUT2D eigenvalue weighted by Crippen LogP contribution is 2.21. The van der Waals surface area contributed by atoms with Crippen LogP contribution in [-0.2, 0) is 14.8 Å². The molecule has 1 unspecified atom stereocenters. The highest BCUT2D eigenvalue weighted by Gasteiger charge is 2.31. The molecule has 26 heavy (non-hydrogen) atoms. The summed E-state index contributed by atoms with van der Waals surface area (Å²) in [7, 11) is -3.74. The fourth-order valence-corrected chi connectivity index (χ4v) is 4.65. The summed E-state index contributed by atoms with van der Waals surface area (Å²) in [5, 5.41) is 2.60. The number of nitrogens with one attached hydrogen (secondary N) is 1. The van der Waals surface area contributed by atoms with Crippen molar-refractivity contribution in [3.05, 3.63) is 29.8 Å². The third-order valence-electron chi connectivity index (χ3n) is 4.65. The van der Waals surface area contributed by atoms with Gasteiger partial charge < -0.3 is 16.0 Å². The van der Waals surface area contributed by atoms with Gasteiger partial charge in [0.25, 0.3) is 5.91 Å². The van der Waals surface area contributed by atoms with Gasteiger partial charge in [0.15, 0.2) is 0 Å². The molecule has 1 atom stereocenters. The number of benzene rings is 1. The van der Waals surface area contributed by atoms with Gasteiger partial charge in [-0.15, -0.1) is 12.4 Å². The number of carbonyl (C=O) groups excluding carboxylic acids is 2. The summed E-state index contributed by atoms with van der Waals surface area (Å²) in [6.45, 7) is 1.44. The number of hydrogen-bond donors (Lipinski definition) is 2. The maximum atomic E-state index is 12.6. The number of likely N-dealkylation sites (tertiary alicyclic amines) is 1. The van der Waals surface area contributed by atoms with Crippen molar-refractivity contribution in [2.24, 2.45) is 5.73 Å². The Kier molecular flexibility index (Phi) is 6.62. The standard InChI is InChI=1S/C16H22N4O4S.ClH/c17-10-13-2-1-8-20(13)16(22)12-3-5-14(6-4-12)25(23,24)19-9-7-18-15(21)11-19;/h3-6,13H,1-2,7-11,17H2,(H,18,21);1H. The maximum Gasteiger partial charge on any atom is 0.254 e. The van der Waals surface area contributed by atoms with E-state index in [0.717, 1.165) is 17.1 Å². The second-order valence-corrected chi connectivity index (χ2v) is 8.18. The van der Waals surface area contributed by atoms with E-state index in [4.69, 9.17) is 5.73 Å². The van der Waals surface area contributed by atoms with E-state index in [0.29, 0.717) is 25.2 Å². The van der Waals surface area contributed by atoms with E-state index in [9.17, 15) is 18.0 Å². The van der Waals surface area contributed by atoms with E-state index in [2.05, 4.69) is 5.32 Å². The summed E-state index contributed by atoms with van der Waals surface area (Å²) in [6, 6.07) is 5.92. The third-order valence-corrected chi connectivity index (χ3v) is 6.51. The monoisotopic (exact) mass is 402 g/mol. The van der Waals surface area contributed by atoms with Gasteiger partial charge in [-0.25, -0.2) is 8.42 Å². The summed E-state index contributed by atoms with van der Waals surface area (Å²) >= 11 is 0. The van der Waals surface area contributed by atoms with Gasteiger partial charge >= 0.3 is 0 Å². The van der Waals surface area contributed by atoms with Crippen molar-refractivity contribution in [1.82, 2.24) is 14.5 Å². The van der Waals surface area contributed by atoms with Gasteiger partial charge in [0.2, 0.25) is 15.9 Å². The van der Waals surface area contributed by atoms with Gasteiger partial charge in [0.05, 0.1) is 11.4 Å². The van der Waals surface area contributed by atoms with E-state index in [1.165, 1.54) is 24.3 Å². The van der Waals surface area contributed by atoms with Crippen LogP contribution in [0.25, 0.3) is 0 Å². The van der Waals surface area contributed by atoms with Gasteiger partial charge in [-0.2, -0.15) is 4.31 Å². The average Bonchev–Trinajstić information content (AvgIpc) is 3.10. The molecule has 3 rings (SSSR count). The lowest BCUT2D eigenvalue weighted by Crippen LogP contribution is -2.49. The highest BCUT2D eigenvalue weighted by atomic mass is 35.5. The first-order chi connectivity index (χ1) is 11.9. The molecule has 0 spiro atoms. The first-order valence-electron chi connectivity index (χ1n) is 8.31. The quantitative estimate of drug-likeness (QED) is 0.723. The van der Waals surface area contributed by atoms with Crippen LogP contribution >= 0.6 is 12.4 Å². The molecule has 8 nitrogen and oxygen atoms in total. The fourth-order valence-electron chi connectivity index (χ4n) is 3.25. The van der Waals surface area contributed by atoms with E-state index < -0.39 is 10.0 Å². The van der Waals surface area contributed by atoms with Crippen molar-refractivity contribution in [3.63, 3.8) is 0 Å². The first-order valence-corrected chi connectivity index (χ1v) is 9.75. The van der Waals surface area contributed by atoms with Crippen molar-refractivity contribution >= 4 is 34.2 Å². The maximum absolute atomic E-state index is 12.6. The number of halogens is 1. The van der Waals surface area contributed by atoms with Crippen LogP contribution in [-0.4, -0.2) is 68.2 Å². The number of piperazine rings is 1. The smallest absolute Gasteiger partial charge is 0.254 e. The van der Waals surface area contributed by atoms with Gasteiger partial charge in [-0.3, -0.25) is 9.59 Å². The topological polar surface area (TPSA) is 113 Å². The zero-order valence-corrected chi connectivity index (χ0v) is 15.9. The lowest BCUT2D eigenvalue weighted by Gasteiger charge is -2.26. The molecule has 0 bridgehead atoms. The Hall–Kier alpha value is -1.68. The minimum Gasteiger partial charge on any atom is -0.354 e. The Morgan fingerprint density at radius 3 is 2.54 bits per heavy atom. The Balaban J connectivity index is 0.00000243. The lowest BCUT2D eigenvalue weighted by atomic mass is 10.1. The molecule has 2 heterocycles. The van der Waals surface area contributed by atoms with E-state index >= 15 is 0 Å². The SMILES string of the molecule is Cl.NCC1CCCN1C(=O)c1ccc(S(=O)(=O)N2CCNC(=O)C2)cc1. The molecule has 2 aliphatic heterocycles. The third kappa shape index (κ3) is 4.01. The molecular formula is C16H23ClN4O4S. The molecule has 2 fully saturated rings. The van der Waals surface area contributed by atoms with Crippen molar-refractivity contribution in [1.29, 1.82) is 0 Å². The first kappa shape index (κ1) is 20.6. The minimum absolute atomic E-state index is 0. The molecule has 2 amide bonds. The predicted octanol–water partition coefficient (Wildman–Crippen LogP) is -0.208. The summed E-state index contributed by atoms with van der Waals surface area (Å²) in [4.78, 5) is 25.8. The normalized spacial score (nSPS) is 21.2. The number of rotatable bonds is 4. The van der Waals surface area contributed by atoms with Crippen LogP contribution in [0.5, 0.6) is 0 Å². The number of sulfonamides is 1. The largest absolute Gasteiger partial charge is 0.354 e. The molecule has 2 saturated heterocycles. The Labute approximate surface area is 159 Å². The van der Waals surface area contributed by atoms with Crippen LogP contribution in [0.4, 0.5) is 0 Å². The van der Waals surface area contributed by atoms with Gasteiger partial charge in [0, 0.05) is 37.8 Å². The Bertz CT molecular complexity index is 769. The van der Waals surface area contributed by atoms with Crippen molar-refractivity contribution in [3.8, 4) is 0 Å². The number of carbonyl (C=O) groups is 2. The molecule has 2 aliphatic rings. The molecule has 0 aromatic heterocycles. The van der Waals surface area contributed by atoms with E-state index in [1.807, 2.05) is 0 Å². The van der Waals surface area contributed by atoms with E-state index in [1.54, 1.807) is 4.90 Å². The second kappa shape index (κ2) is 8.34. The molecule has 1 aromatic carbocycles. The second-order valence-electron chi connectivity index (χ2n) is 6.24. The zero-order valence-electron chi connectivity index (χ0n) is 14.3. The molecular weight excluding hydrogens is 380 g/mol. The zero-order chi connectivity index (χ0) is 18.0.